The molecule has 0 saturated carbocycles. The summed E-state index contributed by atoms with van der Waals surface area (Å²) in [4.78, 5) is 22.2. The number of hydrogen-bond acceptors (Lipinski definition) is 11. The molecule has 13 nitrogen and oxygen atoms in total. The number of esters is 1. The maximum absolute atomic E-state index is 13.1. The van der Waals surface area contributed by atoms with Crippen LogP contribution in [0.25, 0.3) is 33.5 Å². The molecule has 5 rings (SSSR count). The van der Waals surface area contributed by atoms with Crippen LogP contribution in [0.15, 0.2) is 66.7 Å². The van der Waals surface area contributed by atoms with Crippen LogP contribution >= 0.6 is 0 Å². The van der Waals surface area contributed by atoms with Crippen LogP contribution in [0.2, 0.25) is 0 Å². The van der Waals surface area contributed by atoms with Gasteiger partial charge in [-0.05, 0) is 53.8 Å². The molecule has 0 atom stereocenters. The Morgan fingerprint density at radius 3 is 2.49 bits per heavy atom. The fourth-order valence-corrected chi connectivity index (χ4v) is 4.49. The lowest BCUT2D eigenvalue weighted by atomic mass is 9.98. The molecule has 0 amide bonds. The van der Waals surface area contributed by atoms with Crippen LogP contribution in [-0.2, 0) is 16.1 Å². The Morgan fingerprint density at radius 2 is 1.76 bits per heavy atom. The molecule has 0 fully saturated rings. The van der Waals surface area contributed by atoms with Crippen molar-refractivity contribution < 1.29 is 29.5 Å². The van der Waals surface area contributed by atoms with Crippen LogP contribution in [0.4, 0.5) is 0 Å². The van der Waals surface area contributed by atoms with E-state index in [4.69, 9.17) is 19.9 Å². The van der Waals surface area contributed by atoms with Crippen LogP contribution in [-0.4, -0.2) is 71.8 Å². The minimum absolute atomic E-state index is 0.0755. The summed E-state index contributed by atoms with van der Waals surface area (Å²) in [5, 5.41) is 31.3. The van der Waals surface area contributed by atoms with Crippen LogP contribution in [0.5, 0.6) is 6.01 Å². The Labute approximate surface area is 234 Å². The zero-order valence-corrected chi connectivity index (χ0v) is 22.3. The van der Waals surface area contributed by atoms with Gasteiger partial charge in [-0.2, -0.15) is 10.2 Å². The van der Waals surface area contributed by atoms with Gasteiger partial charge in [0, 0.05) is 5.56 Å². The first-order valence-electron chi connectivity index (χ1n) is 13.1. The zero-order chi connectivity index (χ0) is 28.6. The van der Waals surface area contributed by atoms with Gasteiger partial charge in [0.05, 0.1) is 48.4 Å². The monoisotopic (exact) mass is 559 g/mol. The number of fused-ring (bicyclic) bond motifs is 1. The quantitative estimate of drug-likeness (QED) is 0.107. The van der Waals surface area contributed by atoms with Crippen molar-refractivity contribution in [2.75, 3.05) is 19.8 Å². The van der Waals surface area contributed by atoms with Gasteiger partial charge in [-0.25, -0.2) is 4.79 Å². The number of nitrogens with zero attached hydrogens (tertiary/aromatic N) is 6. The van der Waals surface area contributed by atoms with Crippen LogP contribution in [0, 0.1) is 0 Å². The molecular weight excluding hydrogens is 530 g/mol. The molecule has 0 bridgehead atoms. The molecule has 0 radical (unpaired) electrons. The molecule has 0 aliphatic heterocycles. The standard InChI is InChI=1S/C28H29N7O6/c1-2-39-28-29-24-11-7-10-23(27(36)40-16-5-6-17-41-35(37)38)25(24)34(28)18-19-12-14-20(15-13-19)21-8-3-4-9-22(21)26-30-32-33-31-26/h3-4,7-15,37-38H,2,5-6,16-18H2,1H3,(H,30,31,32,33). The predicted octanol–water partition coefficient (Wildman–Crippen LogP) is 4.28. The van der Waals surface area contributed by atoms with Gasteiger partial charge in [-0.3, -0.25) is 19.8 Å². The van der Waals surface area contributed by atoms with Gasteiger partial charge in [0.25, 0.3) is 6.01 Å². The second kappa shape index (κ2) is 13.1. The van der Waals surface area contributed by atoms with Gasteiger partial charge in [-0.15, -0.1) is 10.2 Å². The summed E-state index contributed by atoms with van der Waals surface area (Å²) in [6.07, 6.45) is 0.957. The number of H-pyrrole nitrogens is 1. The highest BCUT2D eigenvalue weighted by Crippen LogP contribution is 2.31. The molecule has 2 heterocycles. The van der Waals surface area contributed by atoms with Crippen molar-refractivity contribution in [3.8, 4) is 28.5 Å². The molecule has 13 heteroatoms. The maximum Gasteiger partial charge on any atom is 0.340 e. The van der Waals surface area contributed by atoms with Gasteiger partial charge in [-0.1, -0.05) is 54.6 Å². The second-order valence-corrected chi connectivity index (χ2v) is 8.99. The Bertz CT molecular complexity index is 1590. The Morgan fingerprint density at radius 1 is 0.976 bits per heavy atom. The summed E-state index contributed by atoms with van der Waals surface area (Å²) in [6, 6.07) is 21.6. The lowest BCUT2D eigenvalue weighted by Crippen LogP contribution is -2.15. The van der Waals surface area contributed by atoms with Gasteiger partial charge in [0.15, 0.2) is 0 Å². The molecule has 0 unspecified atom stereocenters. The lowest BCUT2D eigenvalue weighted by molar-refractivity contribution is -0.492. The number of ether oxygens (including phenoxy) is 2. The molecule has 3 aromatic carbocycles. The summed E-state index contributed by atoms with van der Waals surface area (Å²) in [5.41, 5.74) is 5.43. The molecule has 0 saturated heterocycles. The predicted molar refractivity (Wildman–Crippen MR) is 146 cm³/mol. The minimum Gasteiger partial charge on any atom is -0.465 e. The topological polar surface area (TPSA) is 161 Å². The van der Waals surface area contributed by atoms with Gasteiger partial charge < -0.3 is 9.47 Å². The summed E-state index contributed by atoms with van der Waals surface area (Å²) in [6.45, 7) is 2.93. The first-order valence-corrected chi connectivity index (χ1v) is 13.1. The van der Waals surface area contributed by atoms with E-state index in [0.717, 1.165) is 22.3 Å². The third-order valence-electron chi connectivity index (χ3n) is 6.32. The smallest absolute Gasteiger partial charge is 0.340 e. The van der Waals surface area contributed by atoms with E-state index in [9.17, 15) is 4.79 Å². The summed E-state index contributed by atoms with van der Waals surface area (Å²) in [5.74, 6) is 0.0331. The first-order chi connectivity index (χ1) is 20.0. The van der Waals surface area contributed by atoms with E-state index in [1.54, 1.807) is 12.1 Å². The van der Waals surface area contributed by atoms with Gasteiger partial charge in [0.2, 0.25) is 5.82 Å². The molecule has 3 N–H and O–H groups in total. The molecule has 0 aliphatic carbocycles. The number of carbonyl (C=O) groups is 1. The van der Waals surface area contributed by atoms with Crippen molar-refractivity contribution in [1.82, 2.24) is 35.6 Å². The van der Waals surface area contributed by atoms with Crippen molar-refractivity contribution >= 4 is 17.0 Å². The van der Waals surface area contributed by atoms with Crippen molar-refractivity contribution in [2.45, 2.75) is 26.3 Å². The highest BCUT2D eigenvalue weighted by molar-refractivity contribution is 6.02. The van der Waals surface area contributed by atoms with E-state index < -0.39 is 5.97 Å². The van der Waals surface area contributed by atoms with Crippen molar-refractivity contribution in [3.63, 3.8) is 0 Å². The van der Waals surface area contributed by atoms with Crippen molar-refractivity contribution in [1.29, 1.82) is 0 Å². The number of carbonyl (C=O) groups excluding carboxylic acids is 1. The first kappa shape index (κ1) is 27.9. The van der Waals surface area contributed by atoms with Crippen LogP contribution in [0.1, 0.15) is 35.7 Å². The number of rotatable bonds is 13. The Balaban J connectivity index is 1.38. The fourth-order valence-electron chi connectivity index (χ4n) is 4.49. The Hall–Kier alpha value is -4.69. The molecule has 2 aromatic heterocycles. The number of hydrogen-bond donors (Lipinski definition) is 3. The molecule has 212 valence electrons. The van der Waals surface area contributed by atoms with E-state index in [2.05, 4.69) is 30.4 Å². The number of unbranched alkanes of at least 4 members (excludes halogenated alkanes) is 1. The summed E-state index contributed by atoms with van der Waals surface area (Å²) < 4.78 is 13.2. The molecule has 0 spiro atoms. The number of benzene rings is 3. The maximum atomic E-state index is 13.1. The average molecular weight is 560 g/mol. The third kappa shape index (κ3) is 6.56. The second-order valence-electron chi connectivity index (χ2n) is 8.99. The number of tetrazole rings is 1. The SMILES string of the molecule is CCOc1nc2cccc(C(=O)OCCCCON(O)O)c2n1Cc1ccc(-c2ccccc2-c2nn[nH]n2)cc1. The molecular formula is C28H29N7O6. The highest BCUT2D eigenvalue weighted by Gasteiger charge is 2.20. The largest absolute Gasteiger partial charge is 0.465 e. The van der Waals surface area contributed by atoms with Crippen LogP contribution < -0.4 is 4.74 Å². The van der Waals surface area contributed by atoms with E-state index >= 15 is 0 Å². The van der Waals surface area contributed by atoms with E-state index in [1.165, 1.54) is 0 Å². The van der Waals surface area contributed by atoms with Crippen LogP contribution in [0.3, 0.4) is 0 Å². The zero-order valence-electron chi connectivity index (χ0n) is 22.3. The fraction of sp³-hybridized carbons (Fsp3) is 0.250. The molecule has 0 aliphatic rings. The van der Waals surface area contributed by atoms with E-state index in [0.29, 0.717) is 54.4 Å². The number of aromatic nitrogens is 6. The summed E-state index contributed by atoms with van der Waals surface area (Å²) in [7, 11) is 0. The average Bonchev–Trinajstić information content (AvgIpc) is 3.64. The molecule has 41 heavy (non-hydrogen) atoms. The van der Waals surface area contributed by atoms with E-state index in [1.807, 2.05) is 66.1 Å². The van der Waals surface area contributed by atoms with Gasteiger partial charge >= 0.3 is 5.97 Å². The van der Waals surface area contributed by atoms with Crippen molar-refractivity contribution in [3.05, 3.63) is 77.9 Å². The lowest BCUT2D eigenvalue weighted by Gasteiger charge is -2.13. The third-order valence-corrected chi connectivity index (χ3v) is 6.32. The summed E-state index contributed by atoms with van der Waals surface area (Å²) >= 11 is 0. The normalized spacial score (nSPS) is 11.3. The minimum atomic E-state index is -0.486. The Kier molecular flexibility index (Phi) is 8.91. The van der Waals surface area contributed by atoms with Crippen molar-refractivity contribution in [2.24, 2.45) is 0 Å². The molecule has 5 aromatic rings. The highest BCUT2D eigenvalue weighted by atomic mass is 17.1. The number of imidazole rings is 1. The number of nitrogens with one attached hydrogen (secondary N) is 1. The number of aromatic amines is 1. The number of para-hydroxylation sites is 1. The van der Waals surface area contributed by atoms with Gasteiger partial charge in [0.1, 0.15) is 0 Å². The van der Waals surface area contributed by atoms with E-state index in [-0.39, 0.29) is 18.6 Å².